The van der Waals surface area contributed by atoms with E-state index in [0.717, 1.165) is 36.9 Å². The van der Waals surface area contributed by atoms with Crippen LogP contribution in [0.5, 0.6) is 11.5 Å². The molecule has 7 nitrogen and oxygen atoms in total. The Kier molecular flexibility index (Phi) is 6.06. The maximum atomic E-state index is 13.8. The van der Waals surface area contributed by atoms with Crippen molar-refractivity contribution in [3.63, 3.8) is 0 Å². The molecular weight excluding hydrogens is 456 g/mol. The van der Waals surface area contributed by atoms with E-state index in [-0.39, 0.29) is 18.4 Å². The second-order valence-electron chi connectivity index (χ2n) is 10.9. The summed E-state index contributed by atoms with van der Waals surface area (Å²) in [7, 11) is 3.08. The fraction of sp³-hybridized carbons (Fsp3) is 0.586. The number of likely N-dealkylation sites (tertiary alicyclic amines) is 1. The van der Waals surface area contributed by atoms with Gasteiger partial charge in [-0.25, -0.2) is 4.79 Å². The Morgan fingerprint density at radius 2 is 2.00 bits per heavy atom. The molecule has 4 atom stereocenters. The van der Waals surface area contributed by atoms with Crippen LogP contribution in [-0.4, -0.2) is 61.6 Å². The van der Waals surface area contributed by atoms with Crippen molar-refractivity contribution in [2.45, 2.75) is 64.0 Å². The summed E-state index contributed by atoms with van der Waals surface area (Å²) < 4.78 is 16.5. The molecule has 7 heteroatoms. The van der Waals surface area contributed by atoms with Crippen molar-refractivity contribution in [2.24, 2.45) is 11.8 Å². The summed E-state index contributed by atoms with van der Waals surface area (Å²) in [5.74, 6) is 2.04. The molecule has 3 aliphatic heterocycles. The molecule has 0 radical (unpaired) electrons. The highest BCUT2D eigenvalue weighted by molar-refractivity contribution is 5.90. The monoisotopic (exact) mass is 492 g/mol. The normalized spacial score (nSPS) is 27.8. The van der Waals surface area contributed by atoms with Gasteiger partial charge in [0, 0.05) is 24.5 Å². The first-order valence-electron chi connectivity index (χ1n) is 13.4. The van der Waals surface area contributed by atoms with Gasteiger partial charge in [0.1, 0.15) is 0 Å². The minimum atomic E-state index is -0.481. The van der Waals surface area contributed by atoms with Crippen LogP contribution < -0.4 is 15.1 Å². The van der Waals surface area contributed by atoms with Gasteiger partial charge in [0.05, 0.1) is 32.2 Å². The van der Waals surface area contributed by atoms with Crippen LogP contribution in [0.2, 0.25) is 0 Å². The topological polar surface area (TPSA) is 72.2 Å². The number of carbonyl (C=O) groups is 1. The molecule has 2 bridgehead atoms. The molecule has 6 rings (SSSR count). The predicted molar refractivity (Wildman–Crippen MR) is 138 cm³/mol. The summed E-state index contributed by atoms with van der Waals surface area (Å²) in [6, 6.07) is 4.53. The van der Waals surface area contributed by atoms with Crippen LogP contribution in [0, 0.1) is 18.8 Å². The van der Waals surface area contributed by atoms with Crippen LogP contribution in [0.1, 0.15) is 49.7 Å². The number of piperidine rings is 3. The lowest BCUT2D eigenvalue weighted by molar-refractivity contribution is -0.135. The number of amides is 1. The van der Waals surface area contributed by atoms with Crippen LogP contribution in [0.4, 0.5) is 0 Å². The number of fused-ring (bicyclic) bond motifs is 7. The van der Waals surface area contributed by atoms with Gasteiger partial charge in [-0.1, -0.05) is 18.1 Å². The van der Waals surface area contributed by atoms with E-state index < -0.39 is 5.63 Å². The van der Waals surface area contributed by atoms with Crippen LogP contribution in [-0.2, 0) is 11.2 Å². The van der Waals surface area contributed by atoms with E-state index in [4.69, 9.17) is 13.9 Å². The Morgan fingerprint density at radius 1 is 1.14 bits per heavy atom. The molecular formula is C29H36N2O5. The molecule has 192 valence electrons. The van der Waals surface area contributed by atoms with Crippen molar-refractivity contribution >= 4 is 16.9 Å². The number of ether oxygens (including phenoxy) is 2. The second-order valence-corrected chi connectivity index (χ2v) is 10.9. The number of aryl methyl sites for hydroxylation is 1. The summed E-state index contributed by atoms with van der Waals surface area (Å²) >= 11 is 0. The summed E-state index contributed by atoms with van der Waals surface area (Å²) in [6.45, 7) is 4.92. The summed E-state index contributed by atoms with van der Waals surface area (Å²) in [4.78, 5) is 31.7. The van der Waals surface area contributed by atoms with Gasteiger partial charge < -0.3 is 18.8 Å². The van der Waals surface area contributed by atoms with E-state index in [1.54, 1.807) is 13.2 Å². The van der Waals surface area contributed by atoms with Crippen LogP contribution in [0.3, 0.4) is 0 Å². The van der Waals surface area contributed by atoms with Gasteiger partial charge in [0.15, 0.2) is 11.3 Å². The van der Waals surface area contributed by atoms with E-state index in [1.165, 1.54) is 44.9 Å². The first kappa shape index (κ1) is 23.6. The van der Waals surface area contributed by atoms with Crippen molar-refractivity contribution in [3.05, 3.63) is 45.3 Å². The lowest BCUT2D eigenvalue weighted by Gasteiger charge is -2.54. The van der Waals surface area contributed by atoms with Crippen molar-refractivity contribution in [1.82, 2.24) is 9.80 Å². The lowest BCUT2D eigenvalue weighted by Crippen LogP contribution is -2.60. The molecule has 0 N–H and O–H groups in total. The second kappa shape index (κ2) is 9.25. The van der Waals surface area contributed by atoms with Gasteiger partial charge >= 0.3 is 5.63 Å². The minimum absolute atomic E-state index is 0.0278. The van der Waals surface area contributed by atoms with Gasteiger partial charge in [-0.05, 0) is 75.1 Å². The average molecular weight is 493 g/mol. The molecule has 1 aliphatic carbocycles. The first-order chi connectivity index (χ1) is 17.5. The third-order valence-corrected chi connectivity index (χ3v) is 9.10. The number of hydrogen-bond donors (Lipinski definition) is 0. The Hall–Kier alpha value is -2.80. The molecule has 2 aromatic rings. The van der Waals surface area contributed by atoms with Crippen LogP contribution >= 0.6 is 0 Å². The van der Waals surface area contributed by atoms with Gasteiger partial charge in [-0.15, -0.1) is 0 Å². The molecule has 0 spiro atoms. The maximum Gasteiger partial charge on any atom is 0.340 e. The van der Waals surface area contributed by atoms with E-state index in [9.17, 15) is 9.59 Å². The highest BCUT2D eigenvalue weighted by atomic mass is 16.5. The predicted octanol–water partition coefficient (Wildman–Crippen LogP) is 4.08. The summed E-state index contributed by atoms with van der Waals surface area (Å²) in [6.07, 6.45) is 9.78. The van der Waals surface area contributed by atoms with Crippen molar-refractivity contribution in [3.8, 4) is 11.5 Å². The zero-order valence-corrected chi connectivity index (χ0v) is 21.5. The van der Waals surface area contributed by atoms with Gasteiger partial charge in [-0.3, -0.25) is 9.69 Å². The molecule has 1 aromatic carbocycles. The molecule has 4 heterocycles. The van der Waals surface area contributed by atoms with Crippen molar-refractivity contribution < 1.29 is 18.7 Å². The molecule has 3 fully saturated rings. The highest BCUT2D eigenvalue weighted by Crippen LogP contribution is 2.45. The number of methoxy groups -OCH3 is 2. The van der Waals surface area contributed by atoms with E-state index >= 15 is 0 Å². The molecule has 4 aliphatic rings. The van der Waals surface area contributed by atoms with Crippen molar-refractivity contribution in [1.29, 1.82) is 0 Å². The summed E-state index contributed by atoms with van der Waals surface area (Å²) in [5, 5.41) is 0.762. The number of rotatable bonds is 4. The molecule has 1 aromatic heterocycles. The van der Waals surface area contributed by atoms with E-state index in [1.807, 2.05) is 13.0 Å². The third-order valence-electron chi connectivity index (χ3n) is 9.10. The Balaban J connectivity index is 1.31. The first-order valence-corrected chi connectivity index (χ1v) is 13.4. The Bertz CT molecular complexity index is 1280. The number of nitrogens with zero attached hydrogens (tertiary/aromatic N) is 2. The lowest BCUT2D eigenvalue weighted by atomic mass is 9.68. The zero-order chi connectivity index (χ0) is 25.0. The van der Waals surface area contributed by atoms with Crippen LogP contribution in [0.25, 0.3) is 11.0 Å². The molecule has 1 amide bonds. The van der Waals surface area contributed by atoms with Gasteiger partial charge in [0.2, 0.25) is 11.7 Å². The highest BCUT2D eigenvalue weighted by Gasteiger charge is 2.46. The fourth-order valence-electron chi connectivity index (χ4n) is 7.48. The Morgan fingerprint density at radius 3 is 2.81 bits per heavy atom. The zero-order valence-electron chi connectivity index (χ0n) is 21.5. The molecule has 0 saturated carbocycles. The minimum Gasteiger partial charge on any atom is -0.493 e. The average Bonchev–Trinajstić information content (AvgIpc) is 2.90. The van der Waals surface area contributed by atoms with E-state index in [0.29, 0.717) is 40.5 Å². The van der Waals surface area contributed by atoms with Crippen molar-refractivity contribution in [2.75, 3.05) is 33.9 Å². The van der Waals surface area contributed by atoms with Gasteiger partial charge in [-0.2, -0.15) is 0 Å². The maximum absolute atomic E-state index is 13.8. The van der Waals surface area contributed by atoms with Gasteiger partial charge in [0.25, 0.3) is 0 Å². The fourth-order valence-corrected chi connectivity index (χ4v) is 7.48. The number of hydrogen-bond acceptors (Lipinski definition) is 6. The quantitative estimate of drug-likeness (QED) is 0.473. The largest absolute Gasteiger partial charge is 0.493 e. The molecule has 3 saturated heterocycles. The molecule has 36 heavy (non-hydrogen) atoms. The molecule has 0 unspecified atom stereocenters. The number of carbonyl (C=O) groups excluding carboxylic acids is 1. The Labute approximate surface area is 212 Å². The number of benzene rings is 1. The SMILES string of the molecule is COc1ccc2c(C)c(CC(=O)N3CCCC4=C[C@@H]5C[C@@H](CN6CCCC[C@H]56)[C@@H]43)c(=O)oc2c1OC. The summed E-state index contributed by atoms with van der Waals surface area (Å²) in [5.41, 5.74) is 2.53. The standard InChI is InChI=1S/C29H36N2O5/c1-17-21-9-10-24(34-2)28(35-3)27(21)36-29(33)22(17)15-25(32)31-12-6-7-18-13-19-14-20(26(18)31)16-30-11-5-4-8-23(19)30/h9-10,13,19-20,23,26H,4-8,11-12,14-16H2,1-3H3/t19-,20+,23-,26-/m1/s1. The third kappa shape index (κ3) is 3.74. The van der Waals surface area contributed by atoms with Crippen LogP contribution in [0.15, 0.2) is 33.0 Å². The van der Waals surface area contributed by atoms with E-state index in [2.05, 4.69) is 15.9 Å². The smallest absolute Gasteiger partial charge is 0.340 e.